The molecule has 2 aromatic heterocycles. The molecule has 0 aliphatic rings. The molecule has 15 heavy (non-hydrogen) atoms. The van der Waals surface area contributed by atoms with Gasteiger partial charge in [-0.05, 0) is 5.92 Å². The molecule has 0 radical (unpaired) electrons. The van der Waals surface area contributed by atoms with E-state index in [9.17, 15) is 0 Å². The summed E-state index contributed by atoms with van der Waals surface area (Å²) in [5.41, 5.74) is 8.77. The molecule has 0 saturated carbocycles. The number of aromatic amines is 1. The van der Waals surface area contributed by atoms with Gasteiger partial charge in [0.05, 0.1) is 10.7 Å². The number of anilines is 1. The van der Waals surface area contributed by atoms with Crippen molar-refractivity contribution < 1.29 is 0 Å². The van der Waals surface area contributed by atoms with Crippen molar-refractivity contribution in [3.05, 3.63) is 21.3 Å². The zero-order chi connectivity index (χ0) is 11.0. The van der Waals surface area contributed by atoms with E-state index < -0.39 is 0 Å². The van der Waals surface area contributed by atoms with Crippen molar-refractivity contribution in [3.8, 4) is 11.3 Å². The molecular weight excluding hydrogens is 230 g/mol. The standard InChI is InChI=1S/C10H12ClN3S/c1-5(2)8-9(13-14-10(8)12)6-3-15-4-7(6)11/h3-5H,1-2H3,(H3,12,13,14). The highest BCUT2D eigenvalue weighted by Gasteiger charge is 2.17. The van der Waals surface area contributed by atoms with E-state index in [1.54, 1.807) is 11.3 Å². The summed E-state index contributed by atoms with van der Waals surface area (Å²) in [7, 11) is 0. The van der Waals surface area contributed by atoms with Gasteiger partial charge in [0.1, 0.15) is 5.82 Å². The van der Waals surface area contributed by atoms with Crippen molar-refractivity contribution in [2.75, 3.05) is 5.73 Å². The number of nitrogens with one attached hydrogen (secondary N) is 1. The van der Waals surface area contributed by atoms with Gasteiger partial charge in [0.2, 0.25) is 0 Å². The summed E-state index contributed by atoms with van der Waals surface area (Å²) in [4.78, 5) is 0. The van der Waals surface area contributed by atoms with Gasteiger partial charge in [-0.15, -0.1) is 0 Å². The first-order valence-electron chi connectivity index (χ1n) is 4.67. The van der Waals surface area contributed by atoms with Crippen LogP contribution in [0, 0.1) is 0 Å². The highest BCUT2D eigenvalue weighted by Crippen LogP contribution is 2.36. The molecule has 0 fully saturated rings. The largest absolute Gasteiger partial charge is 0.382 e. The molecule has 0 amide bonds. The van der Waals surface area contributed by atoms with Gasteiger partial charge in [-0.1, -0.05) is 25.4 Å². The molecule has 2 rings (SSSR count). The van der Waals surface area contributed by atoms with Crippen LogP contribution in [0.15, 0.2) is 10.8 Å². The van der Waals surface area contributed by atoms with Crippen LogP contribution in [0.4, 0.5) is 5.82 Å². The van der Waals surface area contributed by atoms with Crippen LogP contribution < -0.4 is 5.73 Å². The molecule has 0 saturated heterocycles. The molecule has 5 heteroatoms. The third-order valence-corrected chi connectivity index (χ3v) is 3.48. The van der Waals surface area contributed by atoms with Crippen LogP contribution in [-0.4, -0.2) is 10.2 Å². The molecule has 3 nitrogen and oxygen atoms in total. The van der Waals surface area contributed by atoms with Crippen LogP contribution in [0.3, 0.4) is 0 Å². The fourth-order valence-corrected chi connectivity index (χ4v) is 2.68. The minimum absolute atomic E-state index is 0.328. The molecule has 0 atom stereocenters. The highest BCUT2D eigenvalue weighted by molar-refractivity contribution is 7.09. The molecule has 0 aromatic carbocycles. The van der Waals surface area contributed by atoms with Crippen molar-refractivity contribution in [2.24, 2.45) is 0 Å². The van der Waals surface area contributed by atoms with E-state index in [-0.39, 0.29) is 0 Å². The van der Waals surface area contributed by atoms with Gasteiger partial charge in [0, 0.05) is 21.9 Å². The Labute approximate surface area is 97.3 Å². The van der Waals surface area contributed by atoms with Crippen molar-refractivity contribution in [1.82, 2.24) is 10.2 Å². The van der Waals surface area contributed by atoms with Gasteiger partial charge in [0.15, 0.2) is 0 Å². The lowest BCUT2D eigenvalue weighted by Crippen LogP contribution is -1.94. The third kappa shape index (κ3) is 1.75. The normalized spacial score (nSPS) is 11.2. The monoisotopic (exact) mass is 241 g/mol. The van der Waals surface area contributed by atoms with Crippen molar-refractivity contribution in [1.29, 1.82) is 0 Å². The van der Waals surface area contributed by atoms with Gasteiger partial charge in [0.25, 0.3) is 0 Å². The lowest BCUT2D eigenvalue weighted by molar-refractivity contribution is 0.873. The first kappa shape index (κ1) is 10.5. The topological polar surface area (TPSA) is 54.7 Å². The number of halogens is 1. The number of H-pyrrole nitrogens is 1. The predicted molar refractivity (Wildman–Crippen MR) is 65.4 cm³/mol. The van der Waals surface area contributed by atoms with E-state index in [4.69, 9.17) is 17.3 Å². The number of hydrogen-bond acceptors (Lipinski definition) is 3. The Morgan fingerprint density at radius 2 is 2.20 bits per heavy atom. The predicted octanol–water partition coefficient (Wildman–Crippen LogP) is 3.50. The second-order valence-corrected chi connectivity index (χ2v) is 4.84. The molecular formula is C10H12ClN3S. The van der Waals surface area contributed by atoms with Gasteiger partial charge in [-0.3, -0.25) is 5.10 Å². The molecule has 2 aromatic rings. The van der Waals surface area contributed by atoms with Crippen LogP contribution in [0.25, 0.3) is 11.3 Å². The first-order chi connectivity index (χ1) is 7.11. The molecule has 2 heterocycles. The quantitative estimate of drug-likeness (QED) is 0.846. The third-order valence-electron chi connectivity index (χ3n) is 2.29. The molecule has 0 aliphatic carbocycles. The summed E-state index contributed by atoms with van der Waals surface area (Å²) < 4.78 is 0. The second-order valence-electron chi connectivity index (χ2n) is 3.69. The van der Waals surface area contributed by atoms with Crippen molar-refractivity contribution >= 4 is 28.8 Å². The number of aromatic nitrogens is 2. The Morgan fingerprint density at radius 1 is 1.47 bits per heavy atom. The number of nitrogens with two attached hydrogens (primary N) is 1. The number of hydrogen-bond donors (Lipinski definition) is 2. The van der Waals surface area contributed by atoms with Gasteiger partial charge >= 0.3 is 0 Å². The molecule has 80 valence electrons. The Bertz CT molecular complexity index is 473. The molecule has 0 bridgehead atoms. The van der Waals surface area contributed by atoms with E-state index in [0.717, 1.165) is 21.8 Å². The van der Waals surface area contributed by atoms with E-state index in [2.05, 4.69) is 24.0 Å². The Morgan fingerprint density at radius 3 is 2.73 bits per heavy atom. The van der Waals surface area contributed by atoms with Crippen LogP contribution >= 0.6 is 22.9 Å². The molecule has 3 N–H and O–H groups in total. The Hall–Kier alpha value is -1.00. The zero-order valence-electron chi connectivity index (χ0n) is 8.54. The fourth-order valence-electron chi connectivity index (χ4n) is 1.61. The second kappa shape index (κ2) is 3.87. The SMILES string of the molecule is CC(C)c1c(N)n[nH]c1-c1cscc1Cl. The van der Waals surface area contributed by atoms with Gasteiger partial charge in [-0.25, -0.2) is 0 Å². The summed E-state index contributed by atoms with van der Waals surface area (Å²) >= 11 is 7.65. The highest BCUT2D eigenvalue weighted by atomic mass is 35.5. The fraction of sp³-hybridized carbons (Fsp3) is 0.300. The van der Waals surface area contributed by atoms with E-state index >= 15 is 0 Å². The maximum atomic E-state index is 6.08. The summed E-state index contributed by atoms with van der Waals surface area (Å²) in [5.74, 6) is 0.886. The maximum absolute atomic E-state index is 6.08. The zero-order valence-corrected chi connectivity index (χ0v) is 10.1. The maximum Gasteiger partial charge on any atom is 0.149 e. The van der Waals surface area contributed by atoms with Crippen LogP contribution in [0.1, 0.15) is 25.3 Å². The average molecular weight is 242 g/mol. The average Bonchev–Trinajstić information content (AvgIpc) is 2.71. The van der Waals surface area contributed by atoms with Crippen molar-refractivity contribution in [2.45, 2.75) is 19.8 Å². The van der Waals surface area contributed by atoms with Crippen molar-refractivity contribution in [3.63, 3.8) is 0 Å². The number of thiophene rings is 1. The summed E-state index contributed by atoms with van der Waals surface area (Å²) in [5, 5.41) is 11.6. The van der Waals surface area contributed by atoms with Crippen LogP contribution in [0.2, 0.25) is 5.02 Å². The summed E-state index contributed by atoms with van der Waals surface area (Å²) in [6.07, 6.45) is 0. The van der Waals surface area contributed by atoms with E-state index in [0.29, 0.717) is 11.7 Å². The minimum Gasteiger partial charge on any atom is -0.382 e. The summed E-state index contributed by atoms with van der Waals surface area (Å²) in [6, 6.07) is 0. The lowest BCUT2D eigenvalue weighted by Gasteiger charge is -2.06. The van der Waals surface area contributed by atoms with E-state index in [1.807, 2.05) is 10.8 Å². The smallest absolute Gasteiger partial charge is 0.149 e. The summed E-state index contributed by atoms with van der Waals surface area (Å²) in [6.45, 7) is 4.18. The minimum atomic E-state index is 0.328. The van der Waals surface area contributed by atoms with Crippen LogP contribution in [0.5, 0.6) is 0 Å². The number of nitrogen functional groups attached to an aromatic ring is 1. The first-order valence-corrected chi connectivity index (χ1v) is 5.99. The molecule has 0 spiro atoms. The van der Waals surface area contributed by atoms with E-state index in [1.165, 1.54) is 0 Å². The van der Waals surface area contributed by atoms with Gasteiger partial charge in [-0.2, -0.15) is 16.4 Å². The van der Waals surface area contributed by atoms with Gasteiger partial charge < -0.3 is 5.73 Å². The lowest BCUT2D eigenvalue weighted by atomic mass is 10.0. The van der Waals surface area contributed by atoms with Crippen LogP contribution in [-0.2, 0) is 0 Å². The molecule has 0 unspecified atom stereocenters. The number of rotatable bonds is 2. The molecule has 0 aliphatic heterocycles. The number of nitrogens with zero attached hydrogens (tertiary/aromatic N) is 1. The Balaban J connectivity index is 2.59. The Kier molecular flexibility index (Phi) is 2.71.